The average Bonchev–Trinajstić information content (AvgIpc) is 3.30. The molecule has 0 aromatic carbocycles. The fraction of sp³-hybridized carbons (Fsp3) is 0.850. The first kappa shape index (κ1) is 19.3. The highest BCUT2D eigenvalue weighted by Gasteiger charge is 2.28. The molecular weight excluding hydrogens is 330 g/mol. The lowest BCUT2D eigenvalue weighted by Gasteiger charge is -2.31. The molecule has 2 aliphatic rings. The van der Waals surface area contributed by atoms with Gasteiger partial charge < -0.3 is 14.2 Å². The lowest BCUT2D eigenvalue weighted by atomic mass is 9.97. The van der Waals surface area contributed by atoms with Crippen LogP contribution >= 0.6 is 0 Å². The predicted octanol–water partition coefficient (Wildman–Crippen LogP) is 3.57. The molecule has 1 atom stereocenters. The highest BCUT2D eigenvalue weighted by atomic mass is 16.5. The summed E-state index contributed by atoms with van der Waals surface area (Å²) in [4.78, 5) is 18.8. The Bertz CT molecular complexity index is 566. The van der Waals surface area contributed by atoms with Crippen LogP contribution in [0, 0.1) is 11.8 Å². The Morgan fingerprint density at radius 3 is 2.85 bits per heavy atom. The molecule has 6 heteroatoms. The summed E-state index contributed by atoms with van der Waals surface area (Å²) >= 11 is 0. The molecule has 0 bridgehead atoms. The minimum atomic E-state index is 0.167. The van der Waals surface area contributed by atoms with Gasteiger partial charge in [0.2, 0.25) is 11.8 Å². The van der Waals surface area contributed by atoms with E-state index < -0.39 is 0 Å². The van der Waals surface area contributed by atoms with E-state index in [1.165, 1.54) is 25.7 Å². The monoisotopic (exact) mass is 363 g/mol. The maximum absolute atomic E-state index is 12.3. The summed E-state index contributed by atoms with van der Waals surface area (Å²) in [6.45, 7) is 7.22. The van der Waals surface area contributed by atoms with Gasteiger partial charge >= 0.3 is 0 Å². The van der Waals surface area contributed by atoms with Gasteiger partial charge in [-0.2, -0.15) is 4.98 Å². The second-order valence-electron chi connectivity index (χ2n) is 8.30. The molecule has 2 fully saturated rings. The summed E-state index contributed by atoms with van der Waals surface area (Å²) < 4.78 is 11.3. The van der Waals surface area contributed by atoms with Gasteiger partial charge in [0.1, 0.15) is 0 Å². The third-order valence-electron chi connectivity index (χ3n) is 5.49. The van der Waals surface area contributed by atoms with Gasteiger partial charge in [0.05, 0.1) is 12.5 Å². The van der Waals surface area contributed by atoms with Gasteiger partial charge in [-0.3, -0.25) is 4.79 Å². The summed E-state index contributed by atoms with van der Waals surface area (Å²) in [5, 5.41) is 4.11. The second kappa shape index (κ2) is 9.49. The molecule has 1 aliphatic heterocycles. The maximum Gasteiger partial charge on any atom is 0.231 e. The van der Waals surface area contributed by atoms with Crippen LogP contribution in [0.25, 0.3) is 0 Å². The van der Waals surface area contributed by atoms with Crippen molar-refractivity contribution in [3.8, 4) is 0 Å². The first-order chi connectivity index (χ1) is 12.6. The van der Waals surface area contributed by atoms with E-state index in [4.69, 9.17) is 9.26 Å². The third kappa shape index (κ3) is 5.53. The van der Waals surface area contributed by atoms with Gasteiger partial charge in [-0.05, 0) is 37.5 Å². The van der Waals surface area contributed by atoms with Crippen molar-refractivity contribution in [2.45, 2.75) is 71.1 Å². The molecule has 1 saturated carbocycles. The smallest absolute Gasteiger partial charge is 0.231 e. The fourth-order valence-corrected chi connectivity index (χ4v) is 4.01. The van der Waals surface area contributed by atoms with E-state index >= 15 is 0 Å². The number of carbonyl (C=O) groups is 1. The number of rotatable bonds is 8. The highest BCUT2D eigenvalue weighted by Crippen LogP contribution is 2.27. The molecule has 0 N–H and O–H groups in total. The number of piperidine rings is 1. The van der Waals surface area contributed by atoms with E-state index in [0.717, 1.165) is 37.7 Å². The van der Waals surface area contributed by atoms with Crippen LogP contribution in [0.5, 0.6) is 0 Å². The number of ether oxygens (including phenoxy) is 1. The zero-order valence-corrected chi connectivity index (χ0v) is 16.3. The number of nitrogens with zero attached hydrogens (tertiary/aromatic N) is 3. The summed E-state index contributed by atoms with van der Waals surface area (Å²) in [7, 11) is 0. The van der Waals surface area contributed by atoms with Gasteiger partial charge in [0.15, 0.2) is 5.82 Å². The van der Waals surface area contributed by atoms with Crippen LogP contribution < -0.4 is 0 Å². The SMILES string of the molecule is CC(C)CC(=O)N1CCCC(c2nc(CCOCC3CCCC3)no2)C1. The van der Waals surface area contributed by atoms with Crippen molar-refractivity contribution in [3.05, 3.63) is 11.7 Å². The third-order valence-corrected chi connectivity index (χ3v) is 5.49. The molecule has 6 nitrogen and oxygen atoms in total. The van der Waals surface area contributed by atoms with Gasteiger partial charge in [-0.1, -0.05) is 31.8 Å². The second-order valence-corrected chi connectivity index (χ2v) is 8.30. The highest BCUT2D eigenvalue weighted by molar-refractivity contribution is 5.76. The largest absolute Gasteiger partial charge is 0.381 e. The molecule has 146 valence electrons. The van der Waals surface area contributed by atoms with Crippen molar-refractivity contribution < 1.29 is 14.1 Å². The van der Waals surface area contributed by atoms with Crippen molar-refractivity contribution >= 4 is 5.91 Å². The molecule has 1 unspecified atom stereocenters. The Labute approximate surface area is 156 Å². The minimum Gasteiger partial charge on any atom is -0.381 e. The van der Waals surface area contributed by atoms with Crippen molar-refractivity contribution in [2.75, 3.05) is 26.3 Å². The van der Waals surface area contributed by atoms with E-state index in [0.29, 0.717) is 37.8 Å². The van der Waals surface area contributed by atoms with Gasteiger partial charge in [0.25, 0.3) is 0 Å². The molecule has 26 heavy (non-hydrogen) atoms. The first-order valence-electron chi connectivity index (χ1n) is 10.3. The van der Waals surface area contributed by atoms with Crippen molar-refractivity contribution in [2.24, 2.45) is 11.8 Å². The zero-order chi connectivity index (χ0) is 18.4. The van der Waals surface area contributed by atoms with Gasteiger partial charge in [-0.15, -0.1) is 0 Å². The molecular formula is C20H33N3O3. The van der Waals surface area contributed by atoms with Crippen LogP contribution in [0.2, 0.25) is 0 Å². The Morgan fingerprint density at radius 2 is 2.08 bits per heavy atom. The molecule has 1 aromatic heterocycles. The van der Waals surface area contributed by atoms with Crippen LogP contribution in [0.4, 0.5) is 0 Å². The summed E-state index contributed by atoms with van der Waals surface area (Å²) in [6, 6.07) is 0. The fourth-order valence-electron chi connectivity index (χ4n) is 4.01. The average molecular weight is 364 g/mol. The molecule has 1 aromatic rings. The molecule has 1 saturated heterocycles. The Hall–Kier alpha value is -1.43. The van der Waals surface area contributed by atoms with Crippen LogP contribution in [-0.4, -0.2) is 47.3 Å². The number of hydrogen-bond acceptors (Lipinski definition) is 5. The van der Waals surface area contributed by atoms with Crippen molar-refractivity contribution in [1.29, 1.82) is 0 Å². The summed E-state index contributed by atoms with van der Waals surface area (Å²) in [6.07, 6.45) is 8.61. The van der Waals surface area contributed by atoms with Crippen LogP contribution in [-0.2, 0) is 16.0 Å². The molecule has 1 aliphatic carbocycles. The van der Waals surface area contributed by atoms with E-state index in [1.807, 2.05) is 4.90 Å². The molecule has 1 amide bonds. The maximum atomic E-state index is 12.3. The normalized spacial score (nSPS) is 21.7. The van der Waals surface area contributed by atoms with Gasteiger partial charge in [0, 0.05) is 32.5 Å². The molecule has 0 spiro atoms. The lowest BCUT2D eigenvalue weighted by molar-refractivity contribution is -0.133. The summed E-state index contributed by atoms with van der Waals surface area (Å²) in [5.41, 5.74) is 0. The number of likely N-dealkylation sites (tertiary alicyclic amines) is 1. The molecule has 3 rings (SSSR count). The minimum absolute atomic E-state index is 0.167. The van der Waals surface area contributed by atoms with E-state index in [2.05, 4.69) is 24.0 Å². The molecule has 0 radical (unpaired) electrons. The topological polar surface area (TPSA) is 68.5 Å². The first-order valence-corrected chi connectivity index (χ1v) is 10.3. The number of amides is 1. The predicted molar refractivity (Wildman–Crippen MR) is 98.8 cm³/mol. The number of carbonyl (C=O) groups excluding carboxylic acids is 1. The lowest BCUT2D eigenvalue weighted by Crippen LogP contribution is -2.39. The van der Waals surface area contributed by atoms with E-state index in [9.17, 15) is 4.79 Å². The van der Waals surface area contributed by atoms with Crippen LogP contribution in [0.15, 0.2) is 4.52 Å². The number of hydrogen-bond donors (Lipinski definition) is 0. The summed E-state index contributed by atoms with van der Waals surface area (Å²) in [5.74, 6) is 2.94. The Morgan fingerprint density at radius 1 is 1.27 bits per heavy atom. The van der Waals surface area contributed by atoms with Crippen LogP contribution in [0.3, 0.4) is 0 Å². The van der Waals surface area contributed by atoms with Crippen molar-refractivity contribution in [3.63, 3.8) is 0 Å². The van der Waals surface area contributed by atoms with Crippen molar-refractivity contribution in [1.82, 2.24) is 15.0 Å². The Balaban J connectivity index is 1.43. The van der Waals surface area contributed by atoms with Crippen LogP contribution in [0.1, 0.15) is 76.4 Å². The molecule has 2 heterocycles. The zero-order valence-electron chi connectivity index (χ0n) is 16.3. The quantitative estimate of drug-likeness (QED) is 0.661. The Kier molecular flexibility index (Phi) is 7.06. The van der Waals surface area contributed by atoms with E-state index in [1.54, 1.807) is 0 Å². The number of aromatic nitrogens is 2. The van der Waals surface area contributed by atoms with Gasteiger partial charge in [-0.25, -0.2) is 0 Å². The standard InChI is InChI=1S/C20H33N3O3/c1-15(2)12-19(24)23-10-5-8-17(13-23)20-21-18(22-26-20)9-11-25-14-16-6-3-4-7-16/h15-17H,3-14H2,1-2H3. The van der Waals surface area contributed by atoms with E-state index in [-0.39, 0.29) is 11.8 Å².